The molecule has 0 radical (unpaired) electrons. The van der Waals surface area contributed by atoms with Crippen molar-refractivity contribution in [3.63, 3.8) is 0 Å². The molecule has 1 N–H and O–H groups in total. The maximum absolute atomic E-state index is 4.45. The van der Waals surface area contributed by atoms with Gasteiger partial charge in [0.05, 0.1) is 6.20 Å². The van der Waals surface area contributed by atoms with Crippen LogP contribution in [0.5, 0.6) is 0 Å². The molecule has 0 saturated heterocycles. The van der Waals surface area contributed by atoms with Crippen molar-refractivity contribution in [1.82, 2.24) is 19.9 Å². The molecule has 84 valence electrons. The number of anilines is 1. The molecule has 0 bridgehead atoms. The van der Waals surface area contributed by atoms with Gasteiger partial charge in [0.1, 0.15) is 23.2 Å². The molecule has 2 aromatic heterocycles. The van der Waals surface area contributed by atoms with Crippen LogP contribution in [0.2, 0.25) is 0 Å². The second-order valence-corrected chi connectivity index (χ2v) is 3.90. The van der Waals surface area contributed by atoms with Gasteiger partial charge in [0.2, 0.25) is 0 Å². The van der Waals surface area contributed by atoms with Crippen LogP contribution in [0.15, 0.2) is 12.5 Å². The Hall–Kier alpha value is -1.78. The molecule has 0 aliphatic heterocycles. The quantitative estimate of drug-likeness (QED) is 0.849. The summed E-state index contributed by atoms with van der Waals surface area (Å²) in [6.07, 6.45) is 4.04. The van der Waals surface area contributed by atoms with Gasteiger partial charge in [-0.05, 0) is 13.8 Å². The molecule has 2 aromatic rings. The molecule has 0 amide bonds. The first-order valence-corrected chi connectivity index (χ1v) is 5.44. The van der Waals surface area contributed by atoms with E-state index in [4.69, 9.17) is 0 Å². The Bertz CT molecular complexity index is 495. The van der Waals surface area contributed by atoms with Crippen LogP contribution in [0.4, 0.5) is 5.82 Å². The highest BCUT2D eigenvalue weighted by Gasteiger charge is 2.08. The van der Waals surface area contributed by atoms with Crippen LogP contribution in [0.3, 0.4) is 0 Å². The molecule has 0 fully saturated rings. The molecule has 2 heterocycles. The summed E-state index contributed by atoms with van der Waals surface area (Å²) in [5, 5.41) is 3.28. The van der Waals surface area contributed by atoms with Gasteiger partial charge in [-0.15, -0.1) is 0 Å². The van der Waals surface area contributed by atoms with Crippen molar-refractivity contribution in [2.45, 2.75) is 33.2 Å². The molecule has 16 heavy (non-hydrogen) atoms. The third-order valence-electron chi connectivity index (χ3n) is 2.15. The molecule has 0 aliphatic carbocycles. The van der Waals surface area contributed by atoms with E-state index in [1.54, 1.807) is 6.20 Å². The van der Waals surface area contributed by atoms with E-state index < -0.39 is 0 Å². The number of nitrogens with zero attached hydrogens (tertiary/aromatic N) is 4. The van der Waals surface area contributed by atoms with Gasteiger partial charge in [-0.3, -0.25) is 0 Å². The first kappa shape index (κ1) is 10.7. The summed E-state index contributed by atoms with van der Waals surface area (Å²) in [7, 11) is 0. The maximum atomic E-state index is 4.45. The Morgan fingerprint density at radius 3 is 2.81 bits per heavy atom. The lowest BCUT2D eigenvalue weighted by Crippen LogP contribution is -2.13. The third-order valence-corrected chi connectivity index (χ3v) is 2.15. The predicted molar refractivity (Wildman–Crippen MR) is 63.3 cm³/mol. The average Bonchev–Trinajstić information content (AvgIpc) is 2.28. The van der Waals surface area contributed by atoms with Crippen molar-refractivity contribution in [1.29, 1.82) is 0 Å². The molecular formula is C11H15N5. The topological polar surface area (TPSA) is 63.6 Å². The van der Waals surface area contributed by atoms with Crippen LogP contribution >= 0.6 is 0 Å². The minimum absolute atomic E-state index is 0.317. The van der Waals surface area contributed by atoms with Crippen LogP contribution in [0, 0.1) is 0 Å². The number of hydrogen-bond acceptors (Lipinski definition) is 5. The Kier molecular flexibility index (Phi) is 2.94. The normalized spacial score (nSPS) is 11.0. The zero-order valence-corrected chi connectivity index (χ0v) is 9.73. The highest BCUT2D eigenvalue weighted by Crippen LogP contribution is 2.17. The fraction of sp³-hybridized carbons (Fsp3) is 0.455. The molecule has 5 heteroatoms. The van der Waals surface area contributed by atoms with Crippen LogP contribution < -0.4 is 5.32 Å². The fourth-order valence-electron chi connectivity index (χ4n) is 1.46. The molecule has 5 nitrogen and oxygen atoms in total. The third kappa shape index (κ3) is 2.08. The molecule has 0 unspecified atom stereocenters. The van der Waals surface area contributed by atoms with E-state index in [0.717, 1.165) is 29.1 Å². The van der Waals surface area contributed by atoms with Crippen molar-refractivity contribution in [3.05, 3.63) is 18.3 Å². The molecule has 0 aromatic carbocycles. The van der Waals surface area contributed by atoms with Crippen LogP contribution in [-0.2, 0) is 6.42 Å². The van der Waals surface area contributed by atoms with Gasteiger partial charge in [-0.2, -0.15) is 0 Å². The first-order valence-electron chi connectivity index (χ1n) is 5.44. The standard InChI is InChI=1S/C11H15N5/c1-4-9-15-8-5-12-6-13-10(8)11(16-9)14-7(2)3/h5-7H,4H2,1-3H3,(H,14,15,16). The van der Waals surface area contributed by atoms with Gasteiger partial charge >= 0.3 is 0 Å². The van der Waals surface area contributed by atoms with Crippen LogP contribution in [0.1, 0.15) is 26.6 Å². The van der Waals surface area contributed by atoms with Gasteiger partial charge < -0.3 is 5.32 Å². The van der Waals surface area contributed by atoms with E-state index in [0.29, 0.717) is 6.04 Å². The SMILES string of the molecule is CCc1nc(NC(C)C)c2ncncc2n1. The molecule has 2 rings (SSSR count). The highest BCUT2D eigenvalue weighted by atomic mass is 15.1. The summed E-state index contributed by atoms with van der Waals surface area (Å²) in [6.45, 7) is 6.17. The molecule has 0 aliphatic rings. The lowest BCUT2D eigenvalue weighted by Gasteiger charge is -2.11. The number of nitrogens with one attached hydrogen (secondary N) is 1. The van der Waals surface area contributed by atoms with Gasteiger partial charge in [-0.25, -0.2) is 19.9 Å². The zero-order valence-electron chi connectivity index (χ0n) is 9.73. The second-order valence-electron chi connectivity index (χ2n) is 3.90. The van der Waals surface area contributed by atoms with E-state index in [2.05, 4.69) is 39.1 Å². The lowest BCUT2D eigenvalue weighted by atomic mass is 10.3. The summed E-state index contributed by atoms with van der Waals surface area (Å²) in [5.41, 5.74) is 1.57. The molecular weight excluding hydrogens is 202 g/mol. The molecule has 0 saturated carbocycles. The minimum atomic E-state index is 0.317. The van der Waals surface area contributed by atoms with E-state index in [1.807, 2.05) is 6.92 Å². The van der Waals surface area contributed by atoms with Crippen molar-refractivity contribution in [2.75, 3.05) is 5.32 Å². The molecule has 0 atom stereocenters. The Balaban J connectivity index is 2.59. The van der Waals surface area contributed by atoms with Gasteiger partial charge in [0, 0.05) is 12.5 Å². The largest absolute Gasteiger partial charge is 0.366 e. The van der Waals surface area contributed by atoms with Crippen molar-refractivity contribution in [2.24, 2.45) is 0 Å². The number of fused-ring (bicyclic) bond motifs is 1. The summed E-state index contributed by atoms with van der Waals surface area (Å²) >= 11 is 0. The van der Waals surface area contributed by atoms with E-state index in [1.165, 1.54) is 6.33 Å². The van der Waals surface area contributed by atoms with Gasteiger partial charge in [0.25, 0.3) is 0 Å². The van der Waals surface area contributed by atoms with E-state index in [9.17, 15) is 0 Å². The number of aryl methyl sites for hydroxylation is 1. The maximum Gasteiger partial charge on any atom is 0.156 e. The predicted octanol–water partition coefficient (Wildman–Crippen LogP) is 1.80. The average molecular weight is 217 g/mol. The number of aromatic nitrogens is 4. The Morgan fingerprint density at radius 2 is 2.12 bits per heavy atom. The number of rotatable bonds is 3. The first-order chi connectivity index (χ1) is 7.70. The Labute approximate surface area is 94.4 Å². The monoisotopic (exact) mass is 217 g/mol. The lowest BCUT2D eigenvalue weighted by molar-refractivity contribution is 0.874. The number of hydrogen-bond donors (Lipinski definition) is 1. The summed E-state index contributed by atoms with van der Waals surface area (Å²) < 4.78 is 0. The van der Waals surface area contributed by atoms with Crippen molar-refractivity contribution < 1.29 is 0 Å². The van der Waals surface area contributed by atoms with Crippen molar-refractivity contribution >= 4 is 16.9 Å². The Morgan fingerprint density at radius 1 is 1.31 bits per heavy atom. The fourth-order valence-corrected chi connectivity index (χ4v) is 1.46. The van der Waals surface area contributed by atoms with Crippen LogP contribution in [0.25, 0.3) is 11.0 Å². The smallest absolute Gasteiger partial charge is 0.156 e. The zero-order chi connectivity index (χ0) is 11.5. The van der Waals surface area contributed by atoms with E-state index >= 15 is 0 Å². The summed E-state index contributed by atoms with van der Waals surface area (Å²) in [4.78, 5) is 17.0. The van der Waals surface area contributed by atoms with Gasteiger partial charge in [-0.1, -0.05) is 6.92 Å². The van der Waals surface area contributed by atoms with E-state index in [-0.39, 0.29) is 0 Å². The summed E-state index contributed by atoms with van der Waals surface area (Å²) in [5.74, 6) is 1.60. The summed E-state index contributed by atoms with van der Waals surface area (Å²) in [6, 6.07) is 0.317. The second kappa shape index (κ2) is 4.38. The van der Waals surface area contributed by atoms with Gasteiger partial charge in [0.15, 0.2) is 5.82 Å². The highest BCUT2D eigenvalue weighted by molar-refractivity contribution is 5.84. The molecule has 0 spiro atoms. The minimum Gasteiger partial charge on any atom is -0.366 e. The van der Waals surface area contributed by atoms with Crippen molar-refractivity contribution in [3.8, 4) is 0 Å². The van der Waals surface area contributed by atoms with Crippen LogP contribution in [-0.4, -0.2) is 26.0 Å².